The van der Waals surface area contributed by atoms with Crippen LogP contribution in [0.1, 0.15) is 11.1 Å². The van der Waals surface area contributed by atoms with Gasteiger partial charge in [0.15, 0.2) is 0 Å². The zero-order chi connectivity index (χ0) is 24.2. The van der Waals surface area contributed by atoms with Crippen molar-refractivity contribution in [3.63, 3.8) is 0 Å². The van der Waals surface area contributed by atoms with E-state index in [4.69, 9.17) is 4.74 Å². The molecule has 0 bridgehead atoms. The molecule has 3 rings (SSSR count). The highest BCUT2D eigenvalue weighted by atomic mass is 32.2. The molecule has 0 aliphatic heterocycles. The van der Waals surface area contributed by atoms with E-state index in [2.05, 4.69) is 15.6 Å². The SMILES string of the molecule is COc1cccc(Nc2ccc(C(F)(F)F)c(NCc3ccccc3N(C)S(C)(=O)=O)n2)c1. The lowest BCUT2D eigenvalue weighted by Gasteiger charge is -2.21. The van der Waals surface area contributed by atoms with Crippen LogP contribution < -0.4 is 19.7 Å². The fraction of sp³-hybridized carbons (Fsp3) is 0.227. The molecule has 0 saturated carbocycles. The average molecular weight is 481 g/mol. The quantitative estimate of drug-likeness (QED) is 0.479. The number of benzene rings is 2. The lowest BCUT2D eigenvalue weighted by atomic mass is 10.1. The largest absolute Gasteiger partial charge is 0.497 e. The second-order valence-electron chi connectivity index (χ2n) is 7.16. The minimum atomic E-state index is -4.63. The van der Waals surface area contributed by atoms with Gasteiger partial charge in [0.2, 0.25) is 10.0 Å². The lowest BCUT2D eigenvalue weighted by Crippen LogP contribution is -2.26. The number of alkyl halides is 3. The van der Waals surface area contributed by atoms with Crippen LogP contribution in [-0.2, 0) is 22.7 Å². The van der Waals surface area contributed by atoms with Crippen LogP contribution in [0.25, 0.3) is 0 Å². The Kier molecular flexibility index (Phi) is 7.01. The zero-order valence-corrected chi connectivity index (χ0v) is 19.0. The molecule has 0 fully saturated rings. The minimum absolute atomic E-state index is 0.0747. The summed E-state index contributed by atoms with van der Waals surface area (Å²) in [6.45, 7) is -0.0747. The molecular formula is C22H23F3N4O3S. The molecule has 0 unspecified atom stereocenters. The van der Waals surface area contributed by atoms with E-state index in [0.717, 1.165) is 16.6 Å². The van der Waals surface area contributed by atoms with Gasteiger partial charge in [-0.1, -0.05) is 24.3 Å². The molecule has 0 atom stereocenters. The summed E-state index contributed by atoms with van der Waals surface area (Å²) >= 11 is 0. The number of para-hydroxylation sites is 1. The van der Waals surface area contributed by atoms with Crippen LogP contribution in [0.4, 0.5) is 36.2 Å². The molecule has 0 aliphatic carbocycles. The molecule has 0 radical (unpaired) electrons. The van der Waals surface area contributed by atoms with Crippen LogP contribution in [0.3, 0.4) is 0 Å². The minimum Gasteiger partial charge on any atom is -0.497 e. The van der Waals surface area contributed by atoms with Gasteiger partial charge in [-0.15, -0.1) is 0 Å². The Hall–Kier alpha value is -3.47. The van der Waals surface area contributed by atoms with Crippen molar-refractivity contribution in [3.8, 4) is 5.75 Å². The highest BCUT2D eigenvalue weighted by molar-refractivity contribution is 7.92. The van der Waals surface area contributed by atoms with Crippen molar-refractivity contribution < 1.29 is 26.3 Å². The van der Waals surface area contributed by atoms with Gasteiger partial charge in [-0.25, -0.2) is 13.4 Å². The number of sulfonamides is 1. The highest BCUT2D eigenvalue weighted by Gasteiger charge is 2.34. The van der Waals surface area contributed by atoms with E-state index in [-0.39, 0.29) is 18.2 Å². The van der Waals surface area contributed by atoms with Crippen LogP contribution >= 0.6 is 0 Å². The maximum atomic E-state index is 13.6. The number of nitrogens with one attached hydrogen (secondary N) is 2. The van der Waals surface area contributed by atoms with Gasteiger partial charge < -0.3 is 15.4 Å². The molecule has 33 heavy (non-hydrogen) atoms. The predicted octanol–water partition coefficient (Wildman–Crippen LogP) is 4.86. The van der Waals surface area contributed by atoms with Crippen molar-refractivity contribution in [1.82, 2.24) is 4.98 Å². The third kappa shape index (κ3) is 6.07. The van der Waals surface area contributed by atoms with Crippen LogP contribution in [0.15, 0.2) is 60.7 Å². The van der Waals surface area contributed by atoms with Crippen LogP contribution in [0, 0.1) is 0 Å². The molecule has 1 aromatic heterocycles. The summed E-state index contributed by atoms with van der Waals surface area (Å²) in [5.41, 5.74) is 0.499. The fourth-order valence-electron chi connectivity index (χ4n) is 3.07. The van der Waals surface area contributed by atoms with Crippen molar-refractivity contribution in [2.75, 3.05) is 35.4 Å². The molecule has 0 spiro atoms. The first kappa shape index (κ1) is 24.2. The monoisotopic (exact) mass is 480 g/mol. The van der Waals surface area contributed by atoms with Gasteiger partial charge in [0, 0.05) is 25.3 Å². The normalized spacial score (nSPS) is 11.7. The molecule has 2 N–H and O–H groups in total. The summed E-state index contributed by atoms with van der Waals surface area (Å²) in [7, 11) is -0.658. The molecule has 0 amide bonds. The van der Waals surface area contributed by atoms with E-state index in [1.807, 2.05) is 0 Å². The summed E-state index contributed by atoms with van der Waals surface area (Å²) < 4.78 is 70.9. The highest BCUT2D eigenvalue weighted by Crippen LogP contribution is 2.35. The molecule has 176 valence electrons. The first-order chi connectivity index (χ1) is 15.5. The van der Waals surface area contributed by atoms with Gasteiger partial charge in [0.05, 0.1) is 24.6 Å². The number of halogens is 3. The number of ether oxygens (including phenoxy) is 1. The van der Waals surface area contributed by atoms with Gasteiger partial charge in [0.1, 0.15) is 17.4 Å². The number of methoxy groups -OCH3 is 1. The second-order valence-corrected chi connectivity index (χ2v) is 9.17. The maximum Gasteiger partial charge on any atom is 0.419 e. The molecule has 0 saturated heterocycles. The van der Waals surface area contributed by atoms with Gasteiger partial charge in [0.25, 0.3) is 0 Å². The molecule has 11 heteroatoms. The smallest absolute Gasteiger partial charge is 0.419 e. The number of hydrogen-bond donors (Lipinski definition) is 2. The fourth-order valence-corrected chi connectivity index (χ4v) is 3.60. The number of aromatic nitrogens is 1. The number of hydrogen-bond acceptors (Lipinski definition) is 6. The Labute approximate surface area is 190 Å². The van der Waals surface area contributed by atoms with E-state index >= 15 is 0 Å². The van der Waals surface area contributed by atoms with Gasteiger partial charge in [-0.05, 0) is 35.9 Å². The molecule has 0 aliphatic rings. The maximum absolute atomic E-state index is 13.6. The van der Waals surface area contributed by atoms with E-state index < -0.39 is 21.8 Å². The molecule has 7 nitrogen and oxygen atoms in total. The van der Waals surface area contributed by atoms with Crippen molar-refractivity contribution in [2.45, 2.75) is 12.7 Å². The topological polar surface area (TPSA) is 83.6 Å². The van der Waals surface area contributed by atoms with Crippen molar-refractivity contribution in [3.05, 3.63) is 71.8 Å². The summed E-state index contributed by atoms with van der Waals surface area (Å²) in [4.78, 5) is 4.11. The Morgan fingerprint density at radius 3 is 2.45 bits per heavy atom. The van der Waals surface area contributed by atoms with Crippen molar-refractivity contribution >= 4 is 33.0 Å². The molecule has 2 aromatic carbocycles. The Morgan fingerprint density at radius 2 is 1.79 bits per heavy atom. The van der Waals surface area contributed by atoms with Crippen LogP contribution in [-0.4, -0.2) is 33.8 Å². The Balaban J connectivity index is 1.91. The Morgan fingerprint density at radius 1 is 1.06 bits per heavy atom. The first-order valence-corrected chi connectivity index (χ1v) is 11.6. The van der Waals surface area contributed by atoms with Crippen molar-refractivity contribution in [1.29, 1.82) is 0 Å². The van der Waals surface area contributed by atoms with E-state index in [1.54, 1.807) is 48.5 Å². The molecule has 1 heterocycles. The van der Waals surface area contributed by atoms with E-state index in [0.29, 0.717) is 22.7 Å². The van der Waals surface area contributed by atoms with Gasteiger partial charge >= 0.3 is 6.18 Å². The predicted molar refractivity (Wildman–Crippen MR) is 123 cm³/mol. The first-order valence-electron chi connectivity index (χ1n) is 9.74. The average Bonchev–Trinajstić information content (AvgIpc) is 2.76. The standard InChI is InChI=1S/C22H23F3N4O3S/c1-29(33(3,30)31)19-10-5-4-7-15(19)14-26-21-18(22(23,24)25)11-12-20(28-21)27-16-8-6-9-17(13-16)32-2/h4-13H,14H2,1-3H3,(H2,26,27,28). The Bertz CT molecular complexity index is 1230. The molecule has 3 aromatic rings. The summed E-state index contributed by atoms with van der Waals surface area (Å²) in [5.74, 6) is 0.393. The van der Waals surface area contributed by atoms with E-state index in [1.165, 1.54) is 20.2 Å². The summed E-state index contributed by atoms with van der Waals surface area (Å²) in [6.07, 6.45) is -3.58. The van der Waals surface area contributed by atoms with Gasteiger partial charge in [-0.2, -0.15) is 13.2 Å². The number of rotatable bonds is 8. The van der Waals surface area contributed by atoms with Crippen LogP contribution in [0.2, 0.25) is 0 Å². The zero-order valence-electron chi connectivity index (χ0n) is 18.1. The number of nitrogens with zero attached hydrogens (tertiary/aromatic N) is 2. The number of anilines is 4. The lowest BCUT2D eigenvalue weighted by molar-refractivity contribution is -0.137. The third-order valence-corrected chi connectivity index (χ3v) is 6.01. The number of pyridine rings is 1. The van der Waals surface area contributed by atoms with E-state index in [9.17, 15) is 21.6 Å². The molecular weight excluding hydrogens is 457 g/mol. The second kappa shape index (κ2) is 9.57. The van der Waals surface area contributed by atoms with Crippen LogP contribution in [0.5, 0.6) is 5.75 Å². The van der Waals surface area contributed by atoms with Crippen molar-refractivity contribution in [2.24, 2.45) is 0 Å². The van der Waals surface area contributed by atoms with Gasteiger partial charge in [-0.3, -0.25) is 4.31 Å². The summed E-state index contributed by atoms with van der Waals surface area (Å²) in [5, 5.41) is 5.67. The third-order valence-electron chi connectivity index (χ3n) is 4.82. The summed E-state index contributed by atoms with van der Waals surface area (Å²) in [6, 6.07) is 15.6.